The van der Waals surface area contributed by atoms with Crippen molar-refractivity contribution in [1.29, 1.82) is 0 Å². The van der Waals surface area contributed by atoms with Crippen molar-refractivity contribution in [3.63, 3.8) is 0 Å². The first kappa shape index (κ1) is 18.1. The van der Waals surface area contributed by atoms with Gasteiger partial charge in [0.1, 0.15) is 11.5 Å². The van der Waals surface area contributed by atoms with Crippen LogP contribution in [0.1, 0.15) is 22.5 Å². The van der Waals surface area contributed by atoms with Crippen molar-refractivity contribution in [3.8, 4) is 0 Å². The number of pyridine rings is 1. The Morgan fingerprint density at radius 3 is 2.57 bits per heavy atom. The van der Waals surface area contributed by atoms with Crippen molar-refractivity contribution in [3.05, 3.63) is 60.0 Å². The summed E-state index contributed by atoms with van der Waals surface area (Å²) in [5, 5.41) is 2.90. The van der Waals surface area contributed by atoms with E-state index >= 15 is 0 Å². The number of benzene rings is 1. The molecular weight excluding hydrogens is 371 g/mol. The van der Waals surface area contributed by atoms with E-state index in [9.17, 15) is 18.0 Å². The molecule has 1 aromatic carbocycles. The molecule has 1 aliphatic rings. The average Bonchev–Trinajstić information content (AvgIpc) is 3.15. The highest BCUT2D eigenvalue weighted by Gasteiger charge is 2.31. The second-order valence-corrected chi connectivity index (χ2v) is 6.55. The molecule has 3 heterocycles. The van der Waals surface area contributed by atoms with Gasteiger partial charge in [-0.1, -0.05) is 12.1 Å². The predicted molar refractivity (Wildman–Crippen MR) is 96.9 cm³/mol. The first-order valence-corrected chi connectivity index (χ1v) is 8.71. The normalized spacial score (nSPS) is 17.1. The number of carbonyl (C=O) groups excluding carboxylic acids is 1. The molecule has 9 heteroatoms. The lowest BCUT2D eigenvalue weighted by atomic mass is 10.2. The Balaban J connectivity index is 1.40. The number of hydrogen-bond acceptors (Lipinski definition) is 5. The van der Waals surface area contributed by atoms with Crippen LogP contribution in [0.5, 0.6) is 0 Å². The number of fused-ring (bicyclic) bond motifs is 1. The zero-order chi connectivity index (χ0) is 19.7. The van der Waals surface area contributed by atoms with Crippen molar-refractivity contribution >= 4 is 22.8 Å². The highest BCUT2D eigenvalue weighted by molar-refractivity contribution is 5.94. The molecule has 28 heavy (non-hydrogen) atoms. The standard InChI is InChI=1S/C19H16F3N5O/c20-19(21,22)12-5-6-17(24-9-12)27-8-7-13(11-27)25-18(28)16-10-23-14-3-1-2-4-15(14)26-16/h1-6,9-10,13H,7-8,11H2,(H,25,28). The third-order valence-electron chi connectivity index (χ3n) is 4.60. The molecule has 144 valence electrons. The molecule has 6 nitrogen and oxygen atoms in total. The van der Waals surface area contributed by atoms with Crippen molar-refractivity contribution in [2.24, 2.45) is 0 Å². The third-order valence-corrected chi connectivity index (χ3v) is 4.60. The zero-order valence-electron chi connectivity index (χ0n) is 14.6. The lowest BCUT2D eigenvalue weighted by Crippen LogP contribution is -2.37. The monoisotopic (exact) mass is 387 g/mol. The minimum absolute atomic E-state index is 0.148. The number of halogens is 3. The zero-order valence-corrected chi connectivity index (χ0v) is 14.6. The number of alkyl halides is 3. The Hall–Kier alpha value is -3.23. The summed E-state index contributed by atoms with van der Waals surface area (Å²) in [5.41, 5.74) is 0.789. The molecule has 0 bridgehead atoms. The van der Waals surface area contributed by atoms with E-state index in [0.29, 0.717) is 36.4 Å². The lowest BCUT2D eigenvalue weighted by molar-refractivity contribution is -0.137. The Kier molecular flexibility index (Phi) is 4.58. The maximum Gasteiger partial charge on any atom is 0.417 e. The van der Waals surface area contributed by atoms with E-state index in [0.717, 1.165) is 12.3 Å². The van der Waals surface area contributed by atoms with Crippen LogP contribution in [-0.2, 0) is 6.18 Å². The summed E-state index contributed by atoms with van der Waals surface area (Å²) in [6.07, 6.45) is -1.49. The number of carbonyl (C=O) groups is 1. The maximum atomic E-state index is 12.6. The molecule has 0 saturated carbocycles. The molecule has 2 aromatic heterocycles. The van der Waals surface area contributed by atoms with Crippen molar-refractivity contribution < 1.29 is 18.0 Å². The van der Waals surface area contributed by atoms with E-state index in [2.05, 4.69) is 20.3 Å². The highest BCUT2D eigenvalue weighted by atomic mass is 19.4. The van der Waals surface area contributed by atoms with Crippen molar-refractivity contribution in [2.45, 2.75) is 18.6 Å². The second kappa shape index (κ2) is 7.06. The third kappa shape index (κ3) is 3.73. The molecule has 1 atom stereocenters. The van der Waals surface area contributed by atoms with Gasteiger partial charge in [0.15, 0.2) is 0 Å². The van der Waals surface area contributed by atoms with E-state index in [1.54, 1.807) is 6.07 Å². The Bertz CT molecular complexity index is 1010. The Morgan fingerprint density at radius 1 is 1.07 bits per heavy atom. The van der Waals surface area contributed by atoms with Crippen LogP contribution in [0.3, 0.4) is 0 Å². The van der Waals surface area contributed by atoms with Gasteiger partial charge in [-0.25, -0.2) is 9.97 Å². The maximum absolute atomic E-state index is 12.6. The molecule has 1 unspecified atom stereocenters. The van der Waals surface area contributed by atoms with E-state index in [1.165, 1.54) is 12.3 Å². The SMILES string of the molecule is O=C(NC1CCN(c2ccc(C(F)(F)F)cn2)C1)c1cnc2ccccc2n1. The van der Waals surface area contributed by atoms with E-state index in [-0.39, 0.29) is 17.6 Å². The minimum atomic E-state index is -4.41. The summed E-state index contributed by atoms with van der Waals surface area (Å²) in [5.74, 6) is 0.126. The number of amides is 1. The van der Waals surface area contributed by atoms with E-state index < -0.39 is 11.7 Å². The summed E-state index contributed by atoms with van der Waals surface area (Å²) in [7, 11) is 0. The Labute approximate surface area is 158 Å². The number of aromatic nitrogens is 3. The quantitative estimate of drug-likeness (QED) is 0.748. The van der Waals surface area contributed by atoms with Gasteiger partial charge in [-0.15, -0.1) is 0 Å². The minimum Gasteiger partial charge on any atom is -0.354 e. The van der Waals surface area contributed by atoms with Crippen molar-refractivity contribution in [2.75, 3.05) is 18.0 Å². The number of rotatable bonds is 3. The molecular formula is C19H16F3N5O. The highest BCUT2D eigenvalue weighted by Crippen LogP contribution is 2.29. The largest absolute Gasteiger partial charge is 0.417 e. The van der Waals surface area contributed by atoms with Crippen LogP contribution < -0.4 is 10.2 Å². The van der Waals surface area contributed by atoms with Gasteiger partial charge < -0.3 is 10.2 Å². The van der Waals surface area contributed by atoms with Crippen molar-refractivity contribution in [1.82, 2.24) is 20.3 Å². The van der Waals surface area contributed by atoms with E-state index in [1.807, 2.05) is 23.1 Å². The smallest absolute Gasteiger partial charge is 0.354 e. The molecule has 4 rings (SSSR count). The fourth-order valence-corrected chi connectivity index (χ4v) is 3.15. The lowest BCUT2D eigenvalue weighted by Gasteiger charge is -2.18. The first-order valence-electron chi connectivity index (χ1n) is 8.71. The van der Waals surface area contributed by atoms with Gasteiger partial charge in [0.2, 0.25) is 0 Å². The molecule has 1 amide bonds. The van der Waals surface area contributed by atoms with Gasteiger partial charge in [-0.3, -0.25) is 9.78 Å². The number of para-hydroxylation sites is 2. The summed E-state index contributed by atoms with van der Waals surface area (Å²) in [6, 6.07) is 9.48. The van der Waals surface area contributed by atoms with Gasteiger partial charge in [-0.2, -0.15) is 13.2 Å². The predicted octanol–water partition coefficient (Wildman–Crippen LogP) is 3.05. The van der Waals surface area contributed by atoms with Gasteiger partial charge in [-0.05, 0) is 30.7 Å². The van der Waals surface area contributed by atoms with Gasteiger partial charge in [0.05, 0.1) is 22.8 Å². The van der Waals surface area contributed by atoms with Crippen LogP contribution in [0.15, 0.2) is 48.8 Å². The van der Waals surface area contributed by atoms with Crippen LogP contribution in [0.2, 0.25) is 0 Å². The molecule has 0 radical (unpaired) electrons. The summed E-state index contributed by atoms with van der Waals surface area (Å²) < 4.78 is 37.9. The molecule has 3 aromatic rings. The second-order valence-electron chi connectivity index (χ2n) is 6.55. The first-order chi connectivity index (χ1) is 13.4. The molecule has 1 aliphatic heterocycles. The van der Waals surface area contributed by atoms with Crippen LogP contribution in [-0.4, -0.2) is 40.0 Å². The fourth-order valence-electron chi connectivity index (χ4n) is 3.15. The topological polar surface area (TPSA) is 71.0 Å². The summed E-state index contributed by atoms with van der Waals surface area (Å²) in [4.78, 5) is 26.8. The number of anilines is 1. The van der Waals surface area contributed by atoms with E-state index in [4.69, 9.17) is 0 Å². The number of hydrogen-bond donors (Lipinski definition) is 1. The Morgan fingerprint density at radius 2 is 1.86 bits per heavy atom. The molecule has 0 aliphatic carbocycles. The van der Waals surface area contributed by atoms with Crippen LogP contribution in [0, 0.1) is 0 Å². The number of nitrogens with zero attached hydrogens (tertiary/aromatic N) is 4. The molecule has 0 spiro atoms. The summed E-state index contributed by atoms with van der Waals surface area (Å²) >= 11 is 0. The summed E-state index contributed by atoms with van der Waals surface area (Å²) in [6.45, 7) is 1.05. The molecule has 1 fully saturated rings. The number of nitrogens with one attached hydrogen (secondary N) is 1. The van der Waals surface area contributed by atoms with Crippen LogP contribution >= 0.6 is 0 Å². The molecule has 1 N–H and O–H groups in total. The van der Waals surface area contributed by atoms with Crippen LogP contribution in [0.25, 0.3) is 11.0 Å². The fraction of sp³-hybridized carbons (Fsp3) is 0.263. The van der Waals surface area contributed by atoms with Gasteiger partial charge >= 0.3 is 6.18 Å². The van der Waals surface area contributed by atoms with Crippen LogP contribution in [0.4, 0.5) is 19.0 Å². The van der Waals surface area contributed by atoms with Gasteiger partial charge in [0, 0.05) is 25.3 Å². The molecule has 1 saturated heterocycles. The van der Waals surface area contributed by atoms with Gasteiger partial charge in [0.25, 0.3) is 5.91 Å². The average molecular weight is 387 g/mol.